The van der Waals surface area contributed by atoms with Crippen LogP contribution in [0, 0.1) is 52.2 Å². The van der Waals surface area contributed by atoms with Crippen molar-refractivity contribution in [2.75, 3.05) is 26.2 Å². The van der Waals surface area contributed by atoms with Gasteiger partial charge in [-0.25, -0.2) is 13.6 Å². The van der Waals surface area contributed by atoms with Crippen LogP contribution in [-0.2, 0) is 14.4 Å². The van der Waals surface area contributed by atoms with Crippen molar-refractivity contribution in [1.29, 1.82) is 0 Å². The number of ether oxygens (including phenoxy) is 1. The SMILES string of the molecule is CCCCCCCC[C@@H](C)C1CC[C@H]2[C@H]3CC=C4C[C@@H](NCCCNC(=O)CCNC(=O)CCNC(=O)c5ccc(C6c7cc(F)c(O)cc7OC7=CC(=O)C(F)=CC76)c(C(=O)O)c5)CCC4(C)C3CCC12C. The molecule has 396 valence electrons. The Bertz CT molecular complexity index is 2510. The molecule has 3 saturated carbocycles. The summed E-state index contributed by atoms with van der Waals surface area (Å²) in [5, 5.41) is 32.3. The maximum absolute atomic E-state index is 14.6. The number of rotatable bonds is 22. The minimum atomic E-state index is -1.42. The summed E-state index contributed by atoms with van der Waals surface area (Å²) in [4.78, 5) is 63.1. The lowest BCUT2D eigenvalue weighted by molar-refractivity contribution is -0.122. The smallest absolute Gasteiger partial charge is 0.336 e. The number of benzene rings is 2. The highest BCUT2D eigenvalue weighted by molar-refractivity contribution is 6.04. The second-order valence-corrected chi connectivity index (χ2v) is 22.7. The Balaban J connectivity index is 0.723. The average molecular weight is 1010 g/mol. The third-order valence-corrected chi connectivity index (χ3v) is 18.3. The topological polar surface area (TPSA) is 183 Å². The summed E-state index contributed by atoms with van der Waals surface area (Å²) in [6.07, 6.45) is 25.5. The second kappa shape index (κ2) is 23.4. The van der Waals surface area contributed by atoms with Crippen LogP contribution in [0.3, 0.4) is 0 Å². The van der Waals surface area contributed by atoms with Gasteiger partial charge in [-0.3, -0.25) is 19.2 Å². The third kappa shape index (κ3) is 11.8. The molecular formula is C59H78F2N4O8. The van der Waals surface area contributed by atoms with Crippen LogP contribution >= 0.6 is 0 Å². The molecule has 1 aliphatic heterocycles. The minimum absolute atomic E-state index is 0.0161. The summed E-state index contributed by atoms with van der Waals surface area (Å²) in [6.45, 7) is 11.6. The molecule has 6 aliphatic rings. The highest BCUT2D eigenvalue weighted by Crippen LogP contribution is 2.67. The normalized spacial score (nSPS) is 28.3. The molecule has 6 N–H and O–H groups in total. The van der Waals surface area contributed by atoms with Gasteiger partial charge < -0.3 is 36.2 Å². The standard InChI is InChI=1S/C59H78F2N4O8/c1-5-6-7-8-9-10-12-35(2)44-17-18-45-40-16-14-37-30-38(19-23-58(37,3)46(40)20-24-59(44,45)4)62-25-11-26-63-53(68)21-27-64-54(69)22-28-65-56(70)36-13-15-39(41(29-36)57(71)72)55-42-31-47(60)49(66)33-51(42)73-52-34-50(67)48(61)32-43(52)55/h13-15,29,31-35,38,40,42,44-46,55,62,67H,5-12,16-28,30H2,1-4H3,(H,63,68)(H,64,69)(H,65,70)(H,71,72)/t35-,38+,40-,42?,44?,45+,46?,55?,58?,59?/m1/s1. The quantitative estimate of drug-likeness (QED) is 0.0494. The molecule has 2 aromatic carbocycles. The van der Waals surface area contributed by atoms with Crippen molar-refractivity contribution >= 4 is 29.5 Å². The number of fused-ring (bicyclic) bond motifs is 7. The van der Waals surface area contributed by atoms with Crippen molar-refractivity contribution in [2.24, 2.45) is 46.3 Å². The fraction of sp³-hybridized carbons (Fsp3) is 0.610. The molecule has 1 heterocycles. The number of carboxylic acid groups (broad SMARTS) is 1. The Kier molecular flexibility index (Phi) is 17.3. The zero-order valence-electron chi connectivity index (χ0n) is 43.4. The summed E-state index contributed by atoms with van der Waals surface area (Å²) < 4.78 is 35.0. The monoisotopic (exact) mass is 1010 g/mol. The summed E-state index contributed by atoms with van der Waals surface area (Å²) in [5.74, 6) is -4.36. The van der Waals surface area contributed by atoms with E-state index < -0.39 is 46.9 Å². The van der Waals surface area contributed by atoms with Gasteiger partial charge in [0.05, 0.1) is 5.56 Å². The van der Waals surface area contributed by atoms with E-state index in [4.69, 9.17) is 4.74 Å². The number of hydrogen-bond acceptors (Lipinski definition) is 8. The maximum Gasteiger partial charge on any atom is 0.336 e. The molecule has 12 nitrogen and oxygen atoms in total. The molecule has 0 radical (unpaired) electrons. The lowest BCUT2D eigenvalue weighted by Crippen LogP contribution is -2.51. The van der Waals surface area contributed by atoms with Gasteiger partial charge in [0, 0.05) is 73.6 Å². The highest BCUT2D eigenvalue weighted by atomic mass is 19.1. The summed E-state index contributed by atoms with van der Waals surface area (Å²) in [7, 11) is 0. The van der Waals surface area contributed by atoms with E-state index in [1.165, 1.54) is 102 Å². The molecule has 73 heavy (non-hydrogen) atoms. The summed E-state index contributed by atoms with van der Waals surface area (Å²) >= 11 is 0. The van der Waals surface area contributed by atoms with Crippen LogP contribution in [0.25, 0.3) is 0 Å². The van der Waals surface area contributed by atoms with E-state index in [0.29, 0.717) is 23.4 Å². The summed E-state index contributed by atoms with van der Waals surface area (Å²) in [6, 6.07) is 6.26. The number of carbonyl (C=O) groups excluding carboxylic acids is 4. The van der Waals surface area contributed by atoms with E-state index in [0.717, 1.165) is 79.3 Å². The molecule has 3 amide bonds. The van der Waals surface area contributed by atoms with Crippen LogP contribution in [-0.4, -0.2) is 71.9 Å². The van der Waals surface area contributed by atoms with Crippen molar-refractivity contribution in [3.05, 3.63) is 93.8 Å². The van der Waals surface area contributed by atoms with Crippen molar-refractivity contribution in [2.45, 2.75) is 155 Å². The van der Waals surface area contributed by atoms with Crippen LogP contribution < -0.4 is 26.0 Å². The van der Waals surface area contributed by atoms with Crippen molar-refractivity contribution in [3.8, 4) is 11.5 Å². The number of carbonyl (C=O) groups is 5. The molecular weight excluding hydrogens is 931 g/mol. The van der Waals surface area contributed by atoms with Crippen LogP contribution in [0.1, 0.15) is 181 Å². The van der Waals surface area contributed by atoms with Crippen LogP contribution in [0.15, 0.2) is 65.7 Å². The minimum Gasteiger partial charge on any atom is -0.505 e. The number of carboxylic acids is 1. The fourth-order valence-electron chi connectivity index (χ4n) is 14.5. The molecule has 0 bridgehead atoms. The van der Waals surface area contributed by atoms with Crippen molar-refractivity contribution < 1.29 is 47.7 Å². The predicted octanol–water partition coefficient (Wildman–Crippen LogP) is 10.7. The molecule has 3 fully saturated rings. The van der Waals surface area contributed by atoms with Gasteiger partial charge in [0.1, 0.15) is 11.5 Å². The molecule has 2 aromatic rings. The van der Waals surface area contributed by atoms with E-state index in [2.05, 4.69) is 55.0 Å². The number of amides is 3. The first kappa shape index (κ1) is 53.9. The van der Waals surface area contributed by atoms with E-state index >= 15 is 0 Å². The number of aromatic carboxylic acids is 1. The van der Waals surface area contributed by atoms with Gasteiger partial charge in [-0.1, -0.05) is 90.4 Å². The largest absolute Gasteiger partial charge is 0.505 e. The Hall–Kier alpha value is -5.37. The molecule has 0 spiro atoms. The Morgan fingerprint density at radius 1 is 0.836 bits per heavy atom. The molecule has 5 aliphatic carbocycles. The number of phenolic OH excluding ortho intramolecular Hbond substituents is 1. The number of ketones is 1. The van der Waals surface area contributed by atoms with E-state index in [-0.39, 0.29) is 71.5 Å². The van der Waals surface area contributed by atoms with Gasteiger partial charge in [0.2, 0.25) is 17.6 Å². The molecule has 6 unspecified atom stereocenters. The van der Waals surface area contributed by atoms with Gasteiger partial charge in [0.25, 0.3) is 5.91 Å². The Morgan fingerprint density at radius 2 is 1.58 bits per heavy atom. The van der Waals surface area contributed by atoms with E-state index in [1.807, 2.05) is 0 Å². The zero-order chi connectivity index (χ0) is 52.0. The van der Waals surface area contributed by atoms with Crippen LogP contribution in [0.5, 0.6) is 11.5 Å². The molecule has 14 heteroatoms. The molecule has 10 atom stereocenters. The number of hydrogen-bond donors (Lipinski definition) is 6. The number of nitrogens with one attached hydrogen (secondary N) is 4. The Labute approximate surface area is 430 Å². The Morgan fingerprint density at radius 3 is 2.34 bits per heavy atom. The number of phenols is 1. The molecule has 0 saturated heterocycles. The lowest BCUT2D eigenvalue weighted by Gasteiger charge is -2.58. The number of unbranched alkanes of at least 4 members (excludes halogenated alkanes) is 5. The second-order valence-electron chi connectivity index (χ2n) is 22.7. The van der Waals surface area contributed by atoms with E-state index in [1.54, 1.807) is 5.57 Å². The van der Waals surface area contributed by atoms with Crippen LogP contribution in [0.4, 0.5) is 8.78 Å². The van der Waals surface area contributed by atoms with Crippen molar-refractivity contribution in [1.82, 2.24) is 21.3 Å². The first-order chi connectivity index (χ1) is 35.0. The van der Waals surface area contributed by atoms with E-state index in [9.17, 15) is 43.0 Å². The molecule has 8 rings (SSSR count). The van der Waals surface area contributed by atoms with Gasteiger partial charge in [-0.2, -0.15) is 0 Å². The molecule has 0 aromatic heterocycles. The van der Waals surface area contributed by atoms with Gasteiger partial charge in [-0.15, -0.1) is 0 Å². The highest BCUT2D eigenvalue weighted by Gasteiger charge is 2.59. The van der Waals surface area contributed by atoms with Gasteiger partial charge in [-0.05, 0) is 135 Å². The average Bonchev–Trinajstić information content (AvgIpc) is 3.72. The first-order valence-electron chi connectivity index (χ1n) is 27.5. The van der Waals surface area contributed by atoms with Gasteiger partial charge >= 0.3 is 5.97 Å². The first-order valence-corrected chi connectivity index (χ1v) is 27.5. The third-order valence-electron chi connectivity index (χ3n) is 18.3. The maximum atomic E-state index is 14.6. The lowest BCUT2D eigenvalue weighted by atomic mass is 9.47. The number of aromatic hydroxyl groups is 1. The number of halogens is 2. The zero-order valence-corrected chi connectivity index (χ0v) is 43.4. The number of allylic oxidation sites excluding steroid dienone is 4. The predicted molar refractivity (Wildman–Crippen MR) is 276 cm³/mol. The fourth-order valence-corrected chi connectivity index (χ4v) is 14.5. The summed E-state index contributed by atoms with van der Waals surface area (Å²) in [5.41, 5.74) is 2.31. The van der Waals surface area contributed by atoms with Gasteiger partial charge in [0.15, 0.2) is 17.4 Å². The van der Waals surface area contributed by atoms with Crippen molar-refractivity contribution in [3.63, 3.8) is 0 Å². The van der Waals surface area contributed by atoms with Crippen LogP contribution in [0.2, 0.25) is 0 Å².